The molecule has 0 spiro atoms. The maximum Gasteiger partial charge on any atom is 0.307 e. The van der Waals surface area contributed by atoms with E-state index in [1.165, 1.54) is 11.0 Å². The molecule has 0 saturated carbocycles. The molecular formula is C15H19F2NO3. The third-order valence-electron chi connectivity index (χ3n) is 2.99. The molecule has 0 heterocycles. The fourth-order valence-electron chi connectivity index (χ4n) is 1.75. The van der Waals surface area contributed by atoms with Crippen LogP contribution in [0, 0.1) is 11.6 Å². The van der Waals surface area contributed by atoms with Gasteiger partial charge in [0.2, 0.25) is 5.91 Å². The molecule has 0 aliphatic heterocycles. The van der Waals surface area contributed by atoms with E-state index in [1.54, 1.807) is 14.0 Å². The Balaban J connectivity index is 2.38. The summed E-state index contributed by atoms with van der Waals surface area (Å²) in [6.07, 6.45) is 0.630. The molecule has 0 aromatic heterocycles. The van der Waals surface area contributed by atoms with Gasteiger partial charge in [-0.1, -0.05) is 6.07 Å². The highest BCUT2D eigenvalue weighted by atomic mass is 19.2. The Morgan fingerprint density at radius 1 is 1.19 bits per heavy atom. The van der Waals surface area contributed by atoms with Crippen LogP contribution in [0.5, 0.6) is 0 Å². The van der Waals surface area contributed by atoms with E-state index in [-0.39, 0.29) is 31.3 Å². The zero-order chi connectivity index (χ0) is 15.8. The topological polar surface area (TPSA) is 46.6 Å². The average molecular weight is 299 g/mol. The molecule has 0 unspecified atom stereocenters. The molecule has 0 aliphatic rings. The lowest BCUT2D eigenvalue weighted by Crippen LogP contribution is -2.29. The van der Waals surface area contributed by atoms with Gasteiger partial charge in [0.1, 0.15) is 0 Å². The van der Waals surface area contributed by atoms with Gasteiger partial charge in [-0.15, -0.1) is 0 Å². The summed E-state index contributed by atoms with van der Waals surface area (Å²) >= 11 is 0. The molecule has 0 aliphatic carbocycles. The minimum absolute atomic E-state index is 0.140. The van der Waals surface area contributed by atoms with Gasteiger partial charge in [0.05, 0.1) is 13.0 Å². The SMILES string of the molecule is CCOC(=O)CCN(C)C(=O)CCc1ccc(F)c(F)c1. The molecule has 0 bridgehead atoms. The quantitative estimate of drug-likeness (QED) is 0.726. The second-order valence-corrected chi connectivity index (χ2v) is 4.62. The Labute approximate surface area is 122 Å². The Kier molecular flexibility index (Phi) is 6.78. The van der Waals surface area contributed by atoms with E-state index in [0.29, 0.717) is 18.6 Å². The summed E-state index contributed by atoms with van der Waals surface area (Å²) in [7, 11) is 1.59. The molecule has 0 N–H and O–H groups in total. The van der Waals surface area contributed by atoms with Gasteiger partial charge in [-0.25, -0.2) is 8.78 Å². The van der Waals surface area contributed by atoms with Gasteiger partial charge in [-0.3, -0.25) is 9.59 Å². The third kappa shape index (κ3) is 5.89. The number of benzene rings is 1. The molecular weight excluding hydrogens is 280 g/mol. The van der Waals surface area contributed by atoms with Crippen LogP contribution in [0.15, 0.2) is 18.2 Å². The van der Waals surface area contributed by atoms with Crippen molar-refractivity contribution in [1.29, 1.82) is 0 Å². The van der Waals surface area contributed by atoms with Crippen molar-refractivity contribution in [3.8, 4) is 0 Å². The fourth-order valence-corrected chi connectivity index (χ4v) is 1.75. The summed E-state index contributed by atoms with van der Waals surface area (Å²) in [5, 5.41) is 0. The maximum atomic E-state index is 13.0. The van der Waals surface area contributed by atoms with Crippen molar-refractivity contribution in [3.63, 3.8) is 0 Å². The van der Waals surface area contributed by atoms with Crippen LogP contribution in [0.4, 0.5) is 8.78 Å². The second kappa shape index (κ2) is 8.34. The van der Waals surface area contributed by atoms with E-state index in [0.717, 1.165) is 12.1 Å². The van der Waals surface area contributed by atoms with Crippen molar-refractivity contribution < 1.29 is 23.1 Å². The molecule has 21 heavy (non-hydrogen) atoms. The standard InChI is InChI=1S/C15H19F2NO3/c1-3-21-15(20)8-9-18(2)14(19)7-5-11-4-6-12(16)13(17)10-11/h4,6,10H,3,5,7-9H2,1-2H3. The summed E-state index contributed by atoms with van der Waals surface area (Å²) in [5.74, 6) is -2.34. The maximum absolute atomic E-state index is 13.0. The molecule has 1 aromatic rings. The first-order valence-corrected chi connectivity index (χ1v) is 6.77. The number of esters is 1. The summed E-state index contributed by atoms with van der Waals surface area (Å²) < 4.78 is 30.6. The lowest BCUT2D eigenvalue weighted by atomic mass is 10.1. The molecule has 0 radical (unpaired) electrons. The first-order valence-electron chi connectivity index (χ1n) is 6.77. The smallest absolute Gasteiger partial charge is 0.307 e. The number of ether oxygens (including phenoxy) is 1. The van der Waals surface area contributed by atoms with Gasteiger partial charge in [-0.2, -0.15) is 0 Å². The summed E-state index contributed by atoms with van der Waals surface area (Å²) in [5.41, 5.74) is 0.557. The number of amides is 1. The van der Waals surface area contributed by atoms with E-state index in [1.807, 2.05) is 0 Å². The number of aryl methyl sites for hydroxylation is 1. The van der Waals surface area contributed by atoms with Crippen LogP contribution in [-0.2, 0) is 20.7 Å². The molecule has 1 rings (SSSR count). The van der Waals surface area contributed by atoms with Gasteiger partial charge in [0.25, 0.3) is 0 Å². The van der Waals surface area contributed by atoms with Crippen molar-refractivity contribution in [2.75, 3.05) is 20.2 Å². The molecule has 6 heteroatoms. The molecule has 1 aromatic carbocycles. The summed E-state index contributed by atoms with van der Waals surface area (Å²) in [6.45, 7) is 2.30. The fraction of sp³-hybridized carbons (Fsp3) is 0.467. The lowest BCUT2D eigenvalue weighted by molar-refractivity contribution is -0.143. The number of nitrogens with zero attached hydrogens (tertiary/aromatic N) is 1. The van der Waals surface area contributed by atoms with Gasteiger partial charge in [0.15, 0.2) is 11.6 Å². The number of rotatable bonds is 7. The second-order valence-electron chi connectivity index (χ2n) is 4.62. The molecule has 4 nitrogen and oxygen atoms in total. The zero-order valence-corrected chi connectivity index (χ0v) is 12.2. The van der Waals surface area contributed by atoms with Gasteiger partial charge >= 0.3 is 5.97 Å². The largest absolute Gasteiger partial charge is 0.466 e. The Morgan fingerprint density at radius 2 is 1.90 bits per heavy atom. The molecule has 0 saturated heterocycles. The van der Waals surface area contributed by atoms with Crippen LogP contribution in [0.1, 0.15) is 25.3 Å². The molecule has 1 amide bonds. The van der Waals surface area contributed by atoms with Crippen molar-refractivity contribution in [2.45, 2.75) is 26.2 Å². The minimum Gasteiger partial charge on any atom is -0.466 e. The van der Waals surface area contributed by atoms with E-state index in [2.05, 4.69) is 0 Å². The van der Waals surface area contributed by atoms with Crippen molar-refractivity contribution in [3.05, 3.63) is 35.4 Å². The van der Waals surface area contributed by atoms with Crippen LogP contribution in [-0.4, -0.2) is 37.0 Å². The van der Waals surface area contributed by atoms with Crippen LogP contribution < -0.4 is 0 Å². The van der Waals surface area contributed by atoms with Gasteiger partial charge in [0, 0.05) is 20.0 Å². The number of hydrogen-bond acceptors (Lipinski definition) is 3. The van der Waals surface area contributed by atoms with Gasteiger partial charge in [-0.05, 0) is 31.0 Å². The Hall–Kier alpha value is -1.98. The number of carbonyl (C=O) groups is 2. The van der Waals surface area contributed by atoms with Crippen molar-refractivity contribution in [2.24, 2.45) is 0 Å². The normalized spacial score (nSPS) is 10.3. The number of hydrogen-bond donors (Lipinski definition) is 0. The monoisotopic (exact) mass is 299 g/mol. The molecule has 0 fully saturated rings. The van der Waals surface area contributed by atoms with Crippen LogP contribution in [0.25, 0.3) is 0 Å². The third-order valence-corrected chi connectivity index (χ3v) is 2.99. The predicted molar refractivity (Wildman–Crippen MR) is 73.6 cm³/mol. The zero-order valence-electron chi connectivity index (χ0n) is 12.2. The minimum atomic E-state index is -0.921. The predicted octanol–water partition coefficient (Wildman–Crippen LogP) is 2.31. The van der Waals surface area contributed by atoms with Crippen molar-refractivity contribution >= 4 is 11.9 Å². The lowest BCUT2D eigenvalue weighted by Gasteiger charge is -2.16. The van der Waals surface area contributed by atoms with Crippen LogP contribution in [0.2, 0.25) is 0 Å². The van der Waals surface area contributed by atoms with E-state index < -0.39 is 11.6 Å². The van der Waals surface area contributed by atoms with E-state index in [9.17, 15) is 18.4 Å². The molecule has 116 valence electrons. The van der Waals surface area contributed by atoms with Crippen LogP contribution in [0.3, 0.4) is 0 Å². The first-order chi connectivity index (χ1) is 9.93. The van der Waals surface area contributed by atoms with E-state index in [4.69, 9.17) is 4.74 Å². The average Bonchev–Trinajstić information content (AvgIpc) is 2.46. The summed E-state index contributed by atoms with van der Waals surface area (Å²) in [6, 6.07) is 3.57. The van der Waals surface area contributed by atoms with Crippen LogP contribution >= 0.6 is 0 Å². The summed E-state index contributed by atoms with van der Waals surface area (Å²) in [4.78, 5) is 24.5. The number of halogens is 2. The van der Waals surface area contributed by atoms with Crippen molar-refractivity contribution in [1.82, 2.24) is 4.90 Å². The highest BCUT2D eigenvalue weighted by Crippen LogP contribution is 2.11. The van der Waals surface area contributed by atoms with E-state index >= 15 is 0 Å². The Bertz CT molecular complexity index is 506. The van der Waals surface area contributed by atoms with Gasteiger partial charge < -0.3 is 9.64 Å². The first kappa shape index (κ1) is 17.1. The number of carbonyl (C=O) groups excluding carboxylic acids is 2. The Morgan fingerprint density at radius 3 is 2.52 bits per heavy atom. The highest BCUT2D eigenvalue weighted by molar-refractivity contribution is 5.77. The molecule has 0 atom stereocenters. The highest BCUT2D eigenvalue weighted by Gasteiger charge is 2.12.